The third-order valence-electron chi connectivity index (χ3n) is 6.40. The van der Waals surface area contributed by atoms with Crippen molar-refractivity contribution in [1.82, 2.24) is 10.3 Å². The van der Waals surface area contributed by atoms with Crippen LogP contribution in [0.5, 0.6) is 0 Å². The van der Waals surface area contributed by atoms with E-state index in [-0.39, 0.29) is 4.90 Å². The largest absolute Gasteiger partial charge is 0.372 e. The summed E-state index contributed by atoms with van der Waals surface area (Å²) >= 11 is 0. The van der Waals surface area contributed by atoms with Crippen molar-refractivity contribution in [3.8, 4) is 0 Å². The molecule has 0 atom stereocenters. The highest BCUT2D eigenvalue weighted by molar-refractivity contribution is 7.91. The van der Waals surface area contributed by atoms with Gasteiger partial charge in [0.1, 0.15) is 0 Å². The Balaban J connectivity index is 1.50. The number of anilines is 1. The molecule has 2 aliphatic rings. The Morgan fingerprint density at radius 2 is 1.73 bits per heavy atom. The minimum Gasteiger partial charge on any atom is -0.372 e. The summed E-state index contributed by atoms with van der Waals surface area (Å²) in [5.74, 6) is 0.521. The highest BCUT2D eigenvalue weighted by Gasteiger charge is 2.22. The van der Waals surface area contributed by atoms with Gasteiger partial charge in [0.15, 0.2) is 0 Å². The molecule has 6 heteroatoms. The summed E-state index contributed by atoms with van der Waals surface area (Å²) in [6, 6.07) is 15.4. The average Bonchev–Trinajstić information content (AvgIpc) is 3.34. The van der Waals surface area contributed by atoms with Gasteiger partial charge in [0.25, 0.3) is 0 Å². The van der Waals surface area contributed by atoms with Crippen molar-refractivity contribution < 1.29 is 8.42 Å². The minimum atomic E-state index is -3.62. The Hall–Kier alpha value is -2.44. The predicted molar refractivity (Wildman–Crippen MR) is 120 cm³/mol. The molecule has 5 nitrogen and oxygen atoms in total. The molecule has 1 N–H and O–H groups in total. The fraction of sp³-hybridized carbons (Fsp3) is 0.375. The van der Waals surface area contributed by atoms with Crippen molar-refractivity contribution in [3.63, 3.8) is 0 Å². The molecule has 156 valence electrons. The third kappa shape index (κ3) is 3.70. The molecular formula is C24H27N3O2S. The number of pyridine rings is 1. The fourth-order valence-corrected chi connectivity index (χ4v) is 5.92. The molecule has 30 heavy (non-hydrogen) atoms. The molecule has 5 rings (SSSR count). The number of aromatic nitrogens is 1. The molecule has 1 aromatic heterocycles. The van der Waals surface area contributed by atoms with E-state index in [1.807, 2.05) is 18.2 Å². The highest BCUT2D eigenvalue weighted by atomic mass is 32.2. The Morgan fingerprint density at radius 1 is 0.933 bits per heavy atom. The maximum absolute atomic E-state index is 13.4. The first-order valence-electron chi connectivity index (χ1n) is 10.8. The van der Waals surface area contributed by atoms with Crippen LogP contribution < -0.4 is 10.2 Å². The zero-order valence-corrected chi connectivity index (χ0v) is 17.9. The molecule has 3 aromatic rings. The number of hydrogen-bond acceptors (Lipinski definition) is 5. The van der Waals surface area contributed by atoms with Gasteiger partial charge in [-0.25, -0.2) is 8.42 Å². The first kappa shape index (κ1) is 19.5. The van der Waals surface area contributed by atoms with E-state index in [9.17, 15) is 8.42 Å². The van der Waals surface area contributed by atoms with E-state index in [2.05, 4.69) is 27.3 Å². The second-order valence-corrected chi connectivity index (χ2v) is 10.3. The topological polar surface area (TPSA) is 62.3 Å². The summed E-state index contributed by atoms with van der Waals surface area (Å²) in [5.41, 5.74) is 3.09. The van der Waals surface area contributed by atoms with Crippen LogP contribution in [0.1, 0.15) is 37.2 Å². The zero-order valence-electron chi connectivity index (χ0n) is 17.0. The summed E-state index contributed by atoms with van der Waals surface area (Å²) in [4.78, 5) is 7.31. The number of nitrogens with zero attached hydrogens (tertiary/aromatic N) is 2. The van der Waals surface area contributed by atoms with Gasteiger partial charge in [-0.05, 0) is 86.7 Å². The molecule has 0 spiro atoms. The van der Waals surface area contributed by atoms with E-state index < -0.39 is 9.84 Å². The Morgan fingerprint density at radius 3 is 2.53 bits per heavy atom. The lowest BCUT2D eigenvalue weighted by Crippen LogP contribution is -2.26. The number of benzene rings is 2. The van der Waals surface area contributed by atoms with Crippen molar-refractivity contribution in [2.45, 2.75) is 41.4 Å². The quantitative estimate of drug-likeness (QED) is 0.686. The number of fused-ring (bicyclic) bond motifs is 1. The smallest absolute Gasteiger partial charge is 0.208 e. The fourth-order valence-electron chi connectivity index (χ4n) is 4.64. The second kappa shape index (κ2) is 8.00. The van der Waals surface area contributed by atoms with Gasteiger partial charge in [-0.1, -0.05) is 12.1 Å². The standard InChI is InChI=1S/C24H27N3O2S/c28-30(29,22-5-3-4-21(16-22)27-12-1-2-13-27)23-15-20-14-19(6-7-24(20)26-17-23)18-8-10-25-11-9-18/h3-7,14-18,25H,1-2,8-13H2. The summed E-state index contributed by atoms with van der Waals surface area (Å²) in [7, 11) is -3.62. The van der Waals surface area contributed by atoms with Crippen molar-refractivity contribution in [2.24, 2.45) is 0 Å². The number of nitrogens with one attached hydrogen (secondary N) is 1. The summed E-state index contributed by atoms with van der Waals surface area (Å²) in [5, 5.41) is 4.29. The first-order valence-corrected chi connectivity index (χ1v) is 12.3. The van der Waals surface area contributed by atoms with E-state index in [0.717, 1.165) is 68.5 Å². The Kier molecular flexibility index (Phi) is 5.21. The maximum atomic E-state index is 13.4. The van der Waals surface area contributed by atoms with Gasteiger partial charge in [-0.15, -0.1) is 0 Å². The van der Waals surface area contributed by atoms with Crippen LogP contribution in [0, 0.1) is 0 Å². The molecule has 2 fully saturated rings. The molecular weight excluding hydrogens is 394 g/mol. The normalized spacial score (nSPS) is 18.2. The van der Waals surface area contributed by atoms with Gasteiger partial charge >= 0.3 is 0 Å². The van der Waals surface area contributed by atoms with Gasteiger partial charge in [-0.3, -0.25) is 4.98 Å². The molecule has 2 saturated heterocycles. The van der Waals surface area contributed by atoms with Crippen molar-refractivity contribution in [3.05, 3.63) is 60.3 Å². The molecule has 0 aliphatic carbocycles. The molecule has 0 radical (unpaired) electrons. The van der Waals surface area contributed by atoms with E-state index in [4.69, 9.17) is 0 Å². The van der Waals surface area contributed by atoms with Crippen molar-refractivity contribution in [1.29, 1.82) is 0 Å². The van der Waals surface area contributed by atoms with Gasteiger partial charge in [0.05, 0.1) is 15.3 Å². The van der Waals surface area contributed by atoms with Crippen LogP contribution in [0.2, 0.25) is 0 Å². The van der Waals surface area contributed by atoms with Gasteiger partial charge < -0.3 is 10.2 Å². The van der Waals surface area contributed by atoms with Crippen LogP contribution in [0.25, 0.3) is 10.9 Å². The van der Waals surface area contributed by atoms with Gasteiger partial charge in [-0.2, -0.15) is 0 Å². The number of rotatable bonds is 4. The Bertz CT molecular complexity index is 1160. The molecule has 0 unspecified atom stereocenters. The van der Waals surface area contributed by atoms with Crippen LogP contribution in [-0.4, -0.2) is 39.6 Å². The van der Waals surface area contributed by atoms with E-state index in [0.29, 0.717) is 10.8 Å². The van der Waals surface area contributed by atoms with Crippen LogP contribution >= 0.6 is 0 Å². The Labute approximate surface area is 178 Å². The summed E-state index contributed by atoms with van der Waals surface area (Å²) < 4.78 is 26.7. The summed E-state index contributed by atoms with van der Waals surface area (Å²) in [6.45, 7) is 4.03. The van der Waals surface area contributed by atoms with E-state index in [1.165, 1.54) is 11.8 Å². The molecule has 2 aromatic carbocycles. The zero-order chi connectivity index (χ0) is 20.6. The molecule has 0 bridgehead atoms. The van der Waals surface area contributed by atoms with Crippen molar-refractivity contribution >= 4 is 26.4 Å². The van der Waals surface area contributed by atoms with Crippen molar-refractivity contribution in [2.75, 3.05) is 31.1 Å². The maximum Gasteiger partial charge on any atom is 0.208 e. The second-order valence-electron chi connectivity index (χ2n) is 8.34. The highest BCUT2D eigenvalue weighted by Crippen LogP contribution is 2.31. The predicted octanol–water partition coefficient (Wildman–Crippen LogP) is 4.13. The SMILES string of the molecule is O=S(=O)(c1cccc(N2CCCC2)c1)c1cnc2ccc(C3CCNCC3)cc2c1. The van der Waals surface area contributed by atoms with Crippen LogP contribution in [0.4, 0.5) is 5.69 Å². The van der Waals surface area contributed by atoms with E-state index >= 15 is 0 Å². The first-order chi connectivity index (χ1) is 14.6. The molecule has 3 heterocycles. The monoisotopic (exact) mass is 421 g/mol. The average molecular weight is 422 g/mol. The molecule has 0 amide bonds. The van der Waals surface area contributed by atoms with Crippen LogP contribution in [-0.2, 0) is 9.84 Å². The lowest BCUT2D eigenvalue weighted by molar-refractivity contribution is 0.460. The lowest BCUT2D eigenvalue weighted by Gasteiger charge is -2.23. The molecule has 0 saturated carbocycles. The number of sulfone groups is 1. The summed E-state index contributed by atoms with van der Waals surface area (Å²) in [6.07, 6.45) is 6.03. The van der Waals surface area contributed by atoms with Crippen LogP contribution in [0.15, 0.2) is 64.5 Å². The third-order valence-corrected chi connectivity index (χ3v) is 8.12. The minimum absolute atomic E-state index is 0.260. The van der Waals surface area contributed by atoms with Gasteiger partial charge in [0.2, 0.25) is 9.84 Å². The van der Waals surface area contributed by atoms with Gasteiger partial charge in [0, 0.05) is 30.4 Å². The number of piperidine rings is 1. The molecule has 2 aliphatic heterocycles. The van der Waals surface area contributed by atoms with E-state index in [1.54, 1.807) is 18.2 Å². The van der Waals surface area contributed by atoms with Crippen LogP contribution in [0.3, 0.4) is 0 Å². The lowest BCUT2D eigenvalue weighted by atomic mass is 9.89. The number of hydrogen-bond donors (Lipinski definition) is 1.